The zero-order chi connectivity index (χ0) is 15.4. The molecular weight excluding hydrogens is 280 g/mol. The van der Waals surface area contributed by atoms with E-state index in [0.29, 0.717) is 25.3 Å². The highest BCUT2D eigenvalue weighted by atomic mass is 16.5. The van der Waals surface area contributed by atoms with E-state index in [9.17, 15) is 4.79 Å². The lowest BCUT2D eigenvalue weighted by Crippen LogP contribution is -2.24. The molecule has 0 fully saturated rings. The molecule has 22 heavy (non-hydrogen) atoms. The number of hydrogen-bond donors (Lipinski definition) is 1. The van der Waals surface area contributed by atoms with Crippen molar-refractivity contribution < 1.29 is 4.74 Å². The van der Waals surface area contributed by atoms with Crippen LogP contribution in [0.3, 0.4) is 0 Å². The summed E-state index contributed by atoms with van der Waals surface area (Å²) in [5.74, 6) is 0.812. The van der Waals surface area contributed by atoms with Crippen molar-refractivity contribution in [1.82, 2.24) is 14.2 Å². The predicted molar refractivity (Wildman–Crippen MR) is 85.6 cm³/mol. The van der Waals surface area contributed by atoms with E-state index in [1.807, 2.05) is 49.4 Å². The second kappa shape index (κ2) is 6.34. The zero-order valence-corrected chi connectivity index (χ0v) is 12.4. The Labute approximate surface area is 128 Å². The summed E-state index contributed by atoms with van der Waals surface area (Å²) in [6.07, 6.45) is 1.72. The first-order chi connectivity index (χ1) is 10.8. The fourth-order valence-electron chi connectivity index (χ4n) is 2.30. The molecule has 3 aromatic rings. The van der Waals surface area contributed by atoms with Gasteiger partial charge in [-0.3, -0.25) is 4.40 Å². The number of ether oxygens (including phenoxy) is 1. The Morgan fingerprint density at radius 1 is 1.18 bits per heavy atom. The van der Waals surface area contributed by atoms with E-state index >= 15 is 0 Å². The van der Waals surface area contributed by atoms with Crippen LogP contribution in [0.1, 0.15) is 6.92 Å². The molecule has 1 aromatic carbocycles. The van der Waals surface area contributed by atoms with Gasteiger partial charge in [-0.05, 0) is 31.2 Å². The highest BCUT2D eigenvalue weighted by Crippen LogP contribution is 2.23. The SMILES string of the molecule is CCOc1ccccc1NCCn1nc2ccccn2c1=O. The largest absolute Gasteiger partial charge is 0.492 e. The summed E-state index contributed by atoms with van der Waals surface area (Å²) in [4.78, 5) is 12.2. The summed E-state index contributed by atoms with van der Waals surface area (Å²) in [6.45, 7) is 3.65. The third kappa shape index (κ3) is 2.81. The number of nitrogens with one attached hydrogen (secondary N) is 1. The summed E-state index contributed by atoms with van der Waals surface area (Å²) in [5, 5.41) is 7.58. The molecule has 0 bridgehead atoms. The molecule has 0 aliphatic rings. The van der Waals surface area contributed by atoms with E-state index in [1.54, 1.807) is 6.20 Å². The summed E-state index contributed by atoms with van der Waals surface area (Å²) >= 11 is 0. The molecule has 0 spiro atoms. The molecule has 0 amide bonds. The average Bonchev–Trinajstić information content (AvgIpc) is 2.86. The van der Waals surface area contributed by atoms with E-state index in [-0.39, 0.29) is 5.69 Å². The molecule has 0 aliphatic carbocycles. The van der Waals surface area contributed by atoms with Crippen LogP contribution in [0.15, 0.2) is 53.5 Å². The number of aromatic nitrogens is 3. The molecule has 2 heterocycles. The topological polar surface area (TPSA) is 60.6 Å². The maximum atomic E-state index is 12.2. The van der Waals surface area contributed by atoms with Gasteiger partial charge in [-0.1, -0.05) is 18.2 Å². The lowest BCUT2D eigenvalue weighted by Gasteiger charge is -2.11. The van der Waals surface area contributed by atoms with Gasteiger partial charge in [-0.2, -0.15) is 0 Å². The summed E-state index contributed by atoms with van der Waals surface area (Å²) in [6, 6.07) is 13.3. The van der Waals surface area contributed by atoms with Gasteiger partial charge in [0, 0.05) is 12.7 Å². The highest BCUT2D eigenvalue weighted by Gasteiger charge is 2.06. The molecule has 114 valence electrons. The Morgan fingerprint density at radius 2 is 2.00 bits per heavy atom. The Morgan fingerprint density at radius 3 is 2.82 bits per heavy atom. The molecule has 2 aromatic heterocycles. The number of pyridine rings is 1. The lowest BCUT2D eigenvalue weighted by atomic mass is 10.3. The third-order valence-corrected chi connectivity index (χ3v) is 3.31. The molecule has 6 heteroatoms. The molecule has 1 N–H and O–H groups in total. The van der Waals surface area contributed by atoms with Crippen LogP contribution in [0.2, 0.25) is 0 Å². The van der Waals surface area contributed by atoms with Gasteiger partial charge >= 0.3 is 5.69 Å². The lowest BCUT2D eigenvalue weighted by molar-refractivity contribution is 0.341. The van der Waals surface area contributed by atoms with Crippen LogP contribution in [-0.2, 0) is 6.54 Å². The molecule has 0 radical (unpaired) electrons. The van der Waals surface area contributed by atoms with Gasteiger partial charge in [0.25, 0.3) is 0 Å². The van der Waals surface area contributed by atoms with Crippen molar-refractivity contribution in [2.45, 2.75) is 13.5 Å². The van der Waals surface area contributed by atoms with Gasteiger partial charge in [-0.25, -0.2) is 9.48 Å². The van der Waals surface area contributed by atoms with Crippen molar-refractivity contribution in [2.24, 2.45) is 0 Å². The minimum atomic E-state index is -0.129. The zero-order valence-electron chi connectivity index (χ0n) is 12.4. The molecule has 0 aliphatic heterocycles. The van der Waals surface area contributed by atoms with Gasteiger partial charge in [0.1, 0.15) is 5.75 Å². The number of nitrogens with zero attached hydrogens (tertiary/aromatic N) is 3. The fourth-order valence-corrected chi connectivity index (χ4v) is 2.30. The van der Waals surface area contributed by atoms with Crippen molar-refractivity contribution in [3.05, 3.63) is 59.1 Å². The fraction of sp³-hybridized carbons (Fsp3) is 0.250. The smallest absolute Gasteiger partial charge is 0.350 e. The van der Waals surface area contributed by atoms with Gasteiger partial charge in [-0.15, -0.1) is 5.10 Å². The molecule has 0 atom stereocenters. The van der Waals surface area contributed by atoms with E-state index in [1.165, 1.54) is 9.08 Å². The quantitative estimate of drug-likeness (QED) is 0.756. The van der Waals surface area contributed by atoms with Crippen molar-refractivity contribution in [1.29, 1.82) is 0 Å². The number of rotatable bonds is 6. The van der Waals surface area contributed by atoms with Crippen LogP contribution >= 0.6 is 0 Å². The Balaban J connectivity index is 1.70. The van der Waals surface area contributed by atoms with Gasteiger partial charge in [0.15, 0.2) is 5.65 Å². The Bertz CT molecular complexity index is 822. The summed E-state index contributed by atoms with van der Waals surface area (Å²) in [5.41, 5.74) is 1.44. The highest BCUT2D eigenvalue weighted by molar-refractivity contribution is 5.56. The molecule has 6 nitrogen and oxygen atoms in total. The van der Waals surface area contributed by atoms with E-state index < -0.39 is 0 Å². The van der Waals surface area contributed by atoms with E-state index in [4.69, 9.17) is 4.74 Å². The van der Waals surface area contributed by atoms with Crippen molar-refractivity contribution >= 4 is 11.3 Å². The Kier molecular flexibility index (Phi) is 4.09. The minimum absolute atomic E-state index is 0.129. The van der Waals surface area contributed by atoms with Crippen molar-refractivity contribution in [3.63, 3.8) is 0 Å². The molecule has 3 rings (SSSR count). The molecule has 0 unspecified atom stereocenters. The summed E-state index contributed by atoms with van der Waals surface area (Å²) in [7, 11) is 0. The first kappa shape index (κ1) is 14.2. The second-order valence-corrected chi connectivity index (χ2v) is 4.79. The molecular formula is C16H18N4O2. The number of benzene rings is 1. The van der Waals surface area contributed by atoms with Crippen LogP contribution < -0.4 is 15.7 Å². The first-order valence-corrected chi connectivity index (χ1v) is 7.29. The molecule has 0 saturated carbocycles. The predicted octanol–water partition coefficient (Wildman–Crippen LogP) is 2.01. The number of fused-ring (bicyclic) bond motifs is 1. The van der Waals surface area contributed by atoms with Gasteiger partial charge in [0.05, 0.1) is 18.8 Å². The maximum absolute atomic E-state index is 12.2. The Hall–Kier alpha value is -2.76. The normalized spacial score (nSPS) is 10.8. The third-order valence-electron chi connectivity index (χ3n) is 3.31. The monoisotopic (exact) mass is 298 g/mol. The second-order valence-electron chi connectivity index (χ2n) is 4.79. The van der Waals surface area contributed by atoms with Crippen LogP contribution in [0.4, 0.5) is 5.69 Å². The van der Waals surface area contributed by atoms with Gasteiger partial charge in [0.2, 0.25) is 0 Å². The van der Waals surface area contributed by atoms with Crippen LogP contribution in [0.25, 0.3) is 5.65 Å². The standard InChI is InChI=1S/C16H18N4O2/c1-2-22-14-8-4-3-7-13(14)17-10-12-20-16(21)19-11-6-5-9-15(19)18-20/h3-9,11,17H,2,10,12H2,1H3. The number of para-hydroxylation sites is 2. The van der Waals surface area contributed by atoms with Crippen LogP contribution in [-0.4, -0.2) is 27.3 Å². The minimum Gasteiger partial charge on any atom is -0.492 e. The van der Waals surface area contributed by atoms with E-state index in [0.717, 1.165) is 11.4 Å². The number of hydrogen-bond acceptors (Lipinski definition) is 4. The van der Waals surface area contributed by atoms with Crippen LogP contribution in [0.5, 0.6) is 5.75 Å². The molecule has 0 saturated heterocycles. The van der Waals surface area contributed by atoms with Crippen LogP contribution in [0, 0.1) is 0 Å². The van der Waals surface area contributed by atoms with E-state index in [2.05, 4.69) is 10.4 Å². The van der Waals surface area contributed by atoms with Crippen molar-refractivity contribution in [2.75, 3.05) is 18.5 Å². The number of anilines is 1. The first-order valence-electron chi connectivity index (χ1n) is 7.29. The maximum Gasteiger partial charge on any atom is 0.350 e. The van der Waals surface area contributed by atoms with Crippen molar-refractivity contribution in [3.8, 4) is 5.75 Å². The van der Waals surface area contributed by atoms with Gasteiger partial charge < -0.3 is 10.1 Å². The summed E-state index contributed by atoms with van der Waals surface area (Å²) < 4.78 is 8.56. The average molecular weight is 298 g/mol.